The van der Waals surface area contributed by atoms with E-state index in [1.165, 1.54) is 12.4 Å². The first-order chi connectivity index (χ1) is 17.5. The van der Waals surface area contributed by atoms with Crippen LogP contribution in [0.5, 0.6) is 11.5 Å². The smallest absolute Gasteiger partial charge is 0.269 e. The number of aliphatic hydroxyl groups excluding tert-OH is 1. The summed E-state index contributed by atoms with van der Waals surface area (Å²) in [5, 5.41) is 8.79. The lowest BCUT2D eigenvalue weighted by atomic mass is 10.2. The van der Waals surface area contributed by atoms with E-state index in [2.05, 4.69) is 9.97 Å². The largest absolute Gasteiger partial charge is 0.497 e. The molecule has 36 heavy (non-hydrogen) atoms. The van der Waals surface area contributed by atoms with Crippen LogP contribution in [0.2, 0.25) is 0 Å². The van der Waals surface area contributed by atoms with Gasteiger partial charge in [-0.05, 0) is 43.5 Å². The van der Waals surface area contributed by atoms with Gasteiger partial charge in [0.25, 0.3) is 11.1 Å². The number of carbonyl (C=O) groups is 1. The van der Waals surface area contributed by atoms with Crippen LogP contribution in [-0.2, 0) is 17.9 Å². The first kappa shape index (κ1) is 26.6. The van der Waals surface area contributed by atoms with Gasteiger partial charge in [-0.25, -0.2) is 9.97 Å². The molecule has 0 aliphatic heterocycles. The van der Waals surface area contributed by atoms with Crippen molar-refractivity contribution in [2.75, 3.05) is 20.8 Å². The number of hydrogen-bond donors (Lipinski definition) is 1. The van der Waals surface area contributed by atoms with Crippen molar-refractivity contribution in [2.45, 2.75) is 38.8 Å². The second-order valence-corrected chi connectivity index (χ2v) is 7.95. The molecule has 0 spiro atoms. The van der Waals surface area contributed by atoms with Crippen molar-refractivity contribution in [3.05, 3.63) is 69.5 Å². The summed E-state index contributed by atoms with van der Waals surface area (Å²) in [6, 6.07) is 10.8. The molecule has 2 aromatic heterocycles. The number of nitrogens with zero attached hydrogens (tertiary/aromatic N) is 4. The lowest BCUT2D eigenvalue weighted by Gasteiger charge is -2.10. The number of fused-ring (bicyclic) bond motifs is 2. The van der Waals surface area contributed by atoms with Crippen molar-refractivity contribution in [2.24, 2.45) is 0 Å². The number of ether oxygens (including phenoxy) is 2. The van der Waals surface area contributed by atoms with E-state index in [0.29, 0.717) is 43.9 Å². The fourth-order valence-electron chi connectivity index (χ4n) is 3.71. The molecular formula is C26H30N4O6. The van der Waals surface area contributed by atoms with Crippen molar-refractivity contribution in [1.82, 2.24) is 19.1 Å². The first-order valence-corrected chi connectivity index (χ1v) is 11.6. The molecule has 4 rings (SSSR count). The van der Waals surface area contributed by atoms with Gasteiger partial charge in [-0.3, -0.25) is 9.59 Å². The Morgan fingerprint density at radius 3 is 1.75 bits per heavy atom. The minimum Gasteiger partial charge on any atom is -0.497 e. The van der Waals surface area contributed by atoms with Gasteiger partial charge < -0.3 is 28.5 Å². The lowest BCUT2D eigenvalue weighted by Crippen LogP contribution is -2.20. The predicted octanol–water partition coefficient (Wildman–Crippen LogP) is 2.56. The number of unbranched alkanes of at least 4 members (excludes halogenated alkanes) is 2. The minimum atomic E-state index is -0.165. The quantitative estimate of drug-likeness (QED) is 0.263. The molecule has 0 fully saturated rings. The molecule has 0 amide bonds. The van der Waals surface area contributed by atoms with Crippen molar-refractivity contribution in [3.63, 3.8) is 0 Å². The van der Waals surface area contributed by atoms with E-state index in [4.69, 9.17) is 14.6 Å². The maximum absolute atomic E-state index is 11.8. The molecule has 0 unspecified atom stereocenters. The zero-order chi connectivity index (χ0) is 25.9. The zero-order valence-electron chi connectivity index (χ0n) is 20.4. The topological polar surface area (TPSA) is 126 Å². The molecule has 0 radical (unpaired) electrons. The number of aromatic nitrogens is 4. The number of benzene rings is 2. The molecule has 0 aliphatic rings. The van der Waals surface area contributed by atoms with Crippen LogP contribution in [0.4, 0.5) is 0 Å². The Morgan fingerprint density at radius 1 is 0.806 bits per heavy atom. The summed E-state index contributed by atoms with van der Waals surface area (Å²) in [6.07, 6.45) is 6.01. The van der Waals surface area contributed by atoms with Gasteiger partial charge in [-0.2, -0.15) is 0 Å². The predicted molar refractivity (Wildman–Crippen MR) is 137 cm³/mol. The highest BCUT2D eigenvalue weighted by Gasteiger charge is 2.06. The molecule has 0 bridgehead atoms. The van der Waals surface area contributed by atoms with Gasteiger partial charge in [0, 0.05) is 38.2 Å². The molecule has 0 aliphatic carbocycles. The van der Waals surface area contributed by atoms with E-state index in [9.17, 15) is 14.4 Å². The summed E-state index contributed by atoms with van der Waals surface area (Å²) >= 11 is 0. The van der Waals surface area contributed by atoms with Crippen LogP contribution in [0, 0.1) is 0 Å². The molecule has 10 nitrogen and oxygen atoms in total. The van der Waals surface area contributed by atoms with Crippen molar-refractivity contribution in [3.8, 4) is 11.5 Å². The second-order valence-electron chi connectivity index (χ2n) is 7.95. The molecule has 1 N–H and O–H groups in total. The number of aldehydes is 1. The van der Waals surface area contributed by atoms with E-state index in [1.807, 2.05) is 24.3 Å². The van der Waals surface area contributed by atoms with Crippen LogP contribution < -0.4 is 20.6 Å². The van der Waals surface area contributed by atoms with Gasteiger partial charge in [-0.1, -0.05) is 0 Å². The molecule has 0 atom stereocenters. The third-order valence-electron chi connectivity index (χ3n) is 5.60. The molecule has 2 heterocycles. The molecule has 4 aromatic rings. The maximum atomic E-state index is 11.8. The van der Waals surface area contributed by atoms with Gasteiger partial charge in [0.05, 0.1) is 48.7 Å². The Balaban J connectivity index is 0.000000201. The number of hydrogen-bond acceptors (Lipinski definition) is 8. The first-order valence-electron chi connectivity index (χ1n) is 11.6. The summed E-state index contributed by atoms with van der Waals surface area (Å²) in [5.74, 6) is 1.38. The van der Waals surface area contributed by atoms with Crippen LogP contribution in [0.1, 0.15) is 25.7 Å². The van der Waals surface area contributed by atoms with E-state index >= 15 is 0 Å². The Hall–Kier alpha value is -4.05. The second kappa shape index (κ2) is 13.1. The number of aliphatic hydroxyl groups is 1. The maximum Gasteiger partial charge on any atom is 0.269 e. The van der Waals surface area contributed by atoms with E-state index in [0.717, 1.165) is 34.8 Å². The SMILES string of the molecule is COc1ccc2ncc(=O)n(CCCC=O)c2c1.COc1ccc2ncc(=O)n(CCCCO)c2c1. The van der Waals surface area contributed by atoms with Crippen LogP contribution in [0.15, 0.2) is 58.4 Å². The fraction of sp³-hybridized carbons (Fsp3) is 0.346. The molecular weight excluding hydrogens is 464 g/mol. The summed E-state index contributed by atoms with van der Waals surface area (Å²) in [6.45, 7) is 1.22. The average molecular weight is 495 g/mol. The zero-order valence-corrected chi connectivity index (χ0v) is 20.4. The highest BCUT2D eigenvalue weighted by Crippen LogP contribution is 2.19. The van der Waals surface area contributed by atoms with Gasteiger partial charge in [0.1, 0.15) is 17.8 Å². The summed E-state index contributed by atoms with van der Waals surface area (Å²) in [5.41, 5.74) is 2.70. The lowest BCUT2D eigenvalue weighted by molar-refractivity contribution is -0.107. The van der Waals surface area contributed by atoms with Crippen molar-refractivity contribution in [1.29, 1.82) is 0 Å². The molecule has 190 valence electrons. The monoisotopic (exact) mass is 494 g/mol. The Morgan fingerprint density at radius 2 is 1.31 bits per heavy atom. The average Bonchev–Trinajstić information content (AvgIpc) is 2.91. The molecule has 0 saturated carbocycles. The third-order valence-corrected chi connectivity index (χ3v) is 5.60. The van der Waals surface area contributed by atoms with Crippen molar-refractivity contribution < 1.29 is 19.4 Å². The third kappa shape index (κ3) is 6.54. The highest BCUT2D eigenvalue weighted by atomic mass is 16.5. The number of rotatable bonds is 10. The summed E-state index contributed by atoms with van der Waals surface area (Å²) in [7, 11) is 3.16. The van der Waals surface area contributed by atoms with Crippen molar-refractivity contribution >= 4 is 28.4 Å². The Labute approximate surface area is 207 Å². The van der Waals surface area contributed by atoms with E-state index in [1.54, 1.807) is 35.5 Å². The van der Waals surface area contributed by atoms with Gasteiger partial charge >= 0.3 is 0 Å². The van der Waals surface area contributed by atoms with Crippen LogP contribution in [0.25, 0.3) is 22.1 Å². The minimum absolute atomic E-state index is 0.131. The molecule has 2 aromatic carbocycles. The fourth-order valence-corrected chi connectivity index (χ4v) is 3.71. The molecule has 0 saturated heterocycles. The Bertz CT molecular complexity index is 1430. The Kier molecular flexibility index (Phi) is 9.70. The van der Waals surface area contributed by atoms with Gasteiger partial charge in [0.15, 0.2) is 0 Å². The van der Waals surface area contributed by atoms with Gasteiger partial charge in [-0.15, -0.1) is 0 Å². The van der Waals surface area contributed by atoms with Crippen LogP contribution in [0.3, 0.4) is 0 Å². The number of carbonyl (C=O) groups excluding carboxylic acids is 1. The van der Waals surface area contributed by atoms with Gasteiger partial charge in [0.2, 0.25) is 0 Å². The van der Waals surface area contributed by atoms with E-state index in [-0.39, 0.29) is 17.7 Å². The standard InChI is InChI=1S/C13H16N2O3.C13H14N2O3/c2*1-18-10-4-5-11-12(8-10)15(6-2-3-7-16)13(17)9-14-11/h4-5,8-9,16H,2-3,6-7H2,1H3;4-5,7-9H,2-3,6H2,1H3. The normalized spacial score (nSPS) is 10.6. The summed E-state index contributed by atoms with van der Waals surface area (Å²) < 4.78 is 13.6. The molecule has 10 heteroatoms. The number of methoxy groups -OCH3 is 2. The number of aryl methyl sites for hydroxylation is 2. The van der Waals surface area contributed by atoms with Crippen LogP contribution >= 0.6 is 0 Å². The highest BCUT2D eigenvalue weighted by molar-refractivity contribution is 5.77. The van der Waals surface area contributed by atoms with E-state index < -0.39 is 0 Å². The summed E-state index contributed by atoms with van der Waals surface area (Å²) in [4.78, 5) is 42.1. The van der Waals surface area contributed by atoms with Crippen LogP contribution in [-0.4, -0.2) is 51.3 Å².